The van der Waals surface area contributed by atoms with Crippen LogP contribution in [0.1, 0.15) is 36.3 Å². The van der Waals surface area contributed by atoms with Crippen molar-refractivity contribution < 1.29 is 14.7 Å². The Hall–Kier alpha value is -1.89. The van der Waals surface area contributed by atoms with Crippen molar-refractivity contribution >= 4 is 11.9 Å². The number of likely N-dealkylation sites (tertiary alicyclic amines) is 1. The van der Waals surface area contributed by atoms with Crippen molar-refractivity contribution in [1.29, 1.82) is 0 Å². The molecule has 0 radical (unpaired) electrons. The number of rotatable bonds is 4. The lowest BCUT2D eigenvalue weighted by Gasteiger charge is -2.29. The molecule has 2 rings (SSSR count). The Morgan fingerprint density at radius 2 is 2.10 bits per heavy atom. The van der Waals surface area contributed by atoms with E-state index in [-0.39, 0.29) is 17.6 Å². The molecule has 0 saturated carbocycles. The molecule has 1 atom stereocenters. The second kappa shape index (κ2) is 6.04. The molecule has 1 unspecified atom stereocenters. The van der Waals surface area contributed by atoms with Crippen LogP contribution >= 0.6 is 0 Å². The Morgan fingerprint density at radius 3 is 2.70 bits per heavy atom. The number of aliphatic carboxylic acids is 1. The minimum absolute atomic E-state index is 0.167. The van der Waals surface area contributed by atoms with Crippen LogP contribution in [0.3, 0.4) is 0 Å². The minimum Gasteiger partial charge on any atom is -0.480 e. The number of carboxylic acid groups (broad SMARTS) is 1. The van der Waals surface area contributed by atoms with Crippen molar-refractivity contribution in [3.63, 3.8) is 0 Å². The van der Waals surface area contributed by atoms with Gasteiger partial charge in [0.1, 0.15) is 11.7 Å². The van der Waals surface area contributed by atoms with E-state index in [1.165, 1.54) is 17.8 Å². The number of carboxylic acids is 1. The van der Waals surface area contributed by atoms with Crippen molar-refractivity contribution in [2.24, 2.45) is 0 Å². The number of nitrogens with zero attached hydrogens (tertiary/aromatic N) is 3. The fourth-order valence-electron chi connectivity index (χ4n) is 2.20. The van der Waals surface area contributed by atoms with Gasteiger partial charge in [-0.05, 0) is 46.0 Å². The second-order valence-electron chi connectivity index (χ2n) is 5.25. The fourth-order valence-corrected chi connectivity index (χ4v) is 2.20. The standard InChI is InChI=1S/C13H20N4O3/c1-9(13(19)20)17-8-5-11(15-17)12(18)14-10-3-6-16(2)7-4-10/h5,8-10H,3-4,6-7H2,1-2H3,(H,14,18)(H,19,20). The van der Waals surface area contributed by atoms with Gasteiger partial charge in [-0.2, -0.15) is 5.10 Å². The number of carbonyl (C=O) groups excluding carboxylic acids is 1. The van der Waals surface area contributed by atoms with Crippen molar-refractivity contribution in [3.8, 4) is 0 Å². The summed E-state index contributed by atoms with van der Waals surface area (Å²) in [5, 5.41) is 15.9. The minimum atomic E-state index is -0.977. The number of aromatic nitrogens is 2. The monoisotopic (exact) mass is 280 g/mol. The van der Waals surface area contributed by atoms with Crippen molar-refractivity contribution in [2.45, 2.75) is 31.8 Å². The van der Waals surface area contributed by atoms with Gasteiger partial charge in [0.25, 0.3) is 5.91 Å². The molecule has 1 fully saturated rings. The first-order valence-electron chi connectivity index (χ1n) is 6.74. The molecule has 7 nitrogen and oxygen atoms in total. The lowest BCUT2D eigenvalue weighted by Crippen LogP contribution is -2.43. The van der Waals surface area contributed by atoms with E-state index in [0.29, 0.717) is 0 Å². The summed E-state index contributed by atoms with van der Waals surface area (Å²) >= 11 is 0. The van der Waals surface area contributed by atoms with Gasteiger partial charge in [-0.3, -0.25) is 9.48 Å². The summed E-state index contributed by atoms with van der Waals surface area (Å²) in [6.07, 6.45) is 3.37. The third-order valence-corrected chi connectivity index (χ3v) is 3.65. The molecule has 20 heavy (non-hydrogen) atoms. The predicted octanol–water partition coefficient (Wildman–Crippen LogP) is 0.353. The molecule has 1 aromatic rings. The van der Waals surface area contributed by atoms with E-state index in [4.69, 9.17) is 5.11 Å². The molecule has 0 aliphatic carbocycles. The number of amides is 1. The lowest BCUT2D eigenvalue weighted by molar-refractivity contribution is -0.140. The third kappa shape index (κ3) is 3.36. The first-order chi connectivity index (χ1) is 9.47. The Balaban J connectivity index is 1.94. The summed E-state index contributed by atoms with van der Waals surface area (Å²) in [6.45, 7) is 3.46. The maximum Gasteiger partial charge on any atom is 0.328 e. The van der Waals surface area contributed by atoms with Crippen LogP contribution in [0.5, 0.6) is 0 Å². The summed E-state index contributed by atoms with van der Waals surface area (Å²) in [6, 6.07) is 0.935. The topological polar surface area (TPSA) is 87.5 Å². The Kier molecular flexibility index (Phi) is 4.39. The number of hydrogen-bond acceptors (Lipinski definition) is 4. The van der Waals surface area contributed by atoms with Crippen LogP contribution in [-0.2, 0) is 4.79 Å². The first kappa shape index (κ1) is 14.5. The maximum absolute atomic E-state index is 12.1. The van der Waals surface area contributed by atoms with Gasteiger partial charge in [0, 0.05) is 12.2 Å². The van der Waals surface area contributed by atoms with E-state index in [0.717, 1.165) is 25.9 Å². The van der Waals surface area contributed by atoms with E-state index in [1.807, 2.05) is 0 Å². The van der Waals surface area contributed by atoms with Crippen molar-refractivity contribution in [1.82, 2.24) is 20.0 Å². The van der Waals surface area contributed by atoms with Crippen LogP contribution < -0.4 is 5.32 Å². The largest absolute Gasteiger partial charge is 0.480 e. The maximum atomic E-state index is 12.1. The smallest absolute Gasteiger partial charge is 0.328 e. The predicted molar refractivity (Wildman–Crippen MR) is 72.6 cm³/mol. The zero-order chi connectivity index (χ0) is 14.7. The van der Waals surface area contributed by atoms with E-state index >= 15 is 0 Å². The lowest BCUT2D eigenvalue weighted by atomic mass is 10.1. The van der Waals surface area contributed by atoms with Crippen molar-refractivity contribution in [2.75, 3.05) is 20.1 Å². The SMILES string of the molecule is CC(C(=O)O)n1ccc(C(=O)NC2CCN(C)CC2)n1. The van der Waals surface area contributed by atoms with E-state index in [9.17, 15) is 9.59 Å². The summed E-state index contributed by atoms with van der Waals surface area (Å²) in [5.74, 6) is -1.22. The van der Waals surface area contributed by atoms with Gasteiger partial charge < -0.3 is 15.3 Å². The Morgan fingerprint density at radius 1 is 1.45 bits per heavy atom. The van der Waals surface area contributed by atoms with Crippen LogP contribution in [0.25, 0.3) is 0 Å². The number of nitrogens with one attached hydrogen (secondary N) is 1. The summed E-state index contributed by atoms with van der Waals surface area (Å²) < 4.78 is 1.28. The van der Waals surface area contributed by atoms with Gasteiger partial charge in [0.15, 0.2) is 0 Å². The molecule has 0 bridgehead atoms. The highest BCUT2D eigenvalue weighted by molar-refractivity contribution is 5.92. The highest BCUT2D eigenvalue weighted by atomic mass is 16.4. The quantitative estimate of drug-likeness (QED) is 0.831. The van der Waals surface area contributed by atoms with Crippen LogP contribution in [0.4, 0.5) is 0 Å². The molecule has 0 spiro atoms. The molecular formula is C13H20N4O3. The molecule has 1 aromatic heterocycles. The molecule has 2 N–H and O–H groups in total. The van der Waals surface area contributed by atoms with Gasteiger partial charge in [-0.25, -0.2) is 4.79 Å². The van der Waals surface area contributed by atoms with Gasteiger partial charge in [-0.15, -0.1) is 0 Å². The molecule has 1 aliphatic rings. The van der Waals surface area contributed by atoms with E-state index in [1.54, 1.807) is 6.07 Å². The summed E-state index contributed by atoms with van der Waals surface area (Å²) in [5.41, 5.74) is 0.261. The molecular weight excluding hydrogens is 260 g/mol. The van der Waals surface area contributed by atoms with E-state index < -0.39 is 12.0 Å². The summed E-state index contributed by atoms with van der Waals surface area (Å²) in [7, 11) is 2.06. The number of hydrogen-bond donors (Lipinski definition) is 2. The average molecular weight is 280 g/mol. The molecule has 110 valence electrons. The van der Waals surface area contributed by atoms with Crippen LogP contribution in [0.2, 0.25) is 0 Å². The van der Waals surface area contributed by atoms with Crippen molar-refractivity contribution in [3.05, 3.63) is 18.0 Å². The molecule has 7 heteroatoms. The van der Waals surface area contributed by atoms with Gasteiger partial charge in [0.2, 0.25) is 0 Å². The second-order valence-corrected chi connectivity index (χ2v) is 5.25. The van der Waals surface area contributed by atoms with Crippen LogP contribution in [0.15, 0.2) is 12.3 Å². The van der Waals surface area contributed by atoms with Crippen LogP contribution in [0, 0.1) is 0 Å². The van der Waals surface area contributed by atoms with Gasteiger partial charge in [-0.1, -0.05) is 0 Å². The first-order valence-corrected chi connectivity index (χ1v) is 6.74. The molecule has 1 amide bonds. The fraction of sp³-hybridized carbons (Fsp3) is 0.615. The Labute approximate surface area is 117 Å². The zero-order valence-electron chi connectivity index (χ0n) is 11.7. The number of carbonyl (C=O) groups is 2. The highest BCUT2D eigenvalue weighted by Gasteiger charge is 2.21. The number of piperidine rings is 1. The molecule has 2 heterocycles. The average Bonchev–Trinajstić information content (AvgIpc) is 2.90. The van der Waals surface area contributed by atoms with Gasteiger partial charge in [0.05, 0.1) is 0 Å². The molecule has 1 aliphatic heterocycles. The third-order valence-electron chi connectivity index (χ3n) is 3.65. The Bertz CT molecular complexity index is 492. The summed E-state index contributed by atoms with van der Waals surface area (Å²) in [4.78, 5) is 25.1. The van der Waals surface area contributed by atoms with E-state index in [2.05, 4.69) is 22.4 Å². The normalized spacial score (nSPS) is 18.7. The van der Waals surface area contributed by atoms with Gasteiger partial charge >= 0.3 is 5.97 Å². The van der Waals surface area contributed by atoms with Crippen LogP contribution in [-0.4, -0.2) is 57.8 Å². The highest BCUT2D eigenvalue weighted by Crippen LogP contribution is 2.10. The molecule has 0 aromatic carbocycles. The molecule has 1 saturated heterocycles. The zero-order valence-corrected chi connectivity index (χ0v) is 11.7.